The fourth-order valence-electron chi connectivity index (χ4n) is 2.55. The van der Waals surface area contributed by atoms with Crippen molar-refractivity contribution in [2.45, 2.75) is 18.9 Å². The Hall–Kier alpha value is -2.70. The molecule has 6 nitrogen and oxygen atoms in total. The predicted molar refractivity (Wildman–Crippen MR) is 84.2 cm³/mol. The molecule has 1 aliphatic heterocycles. The van der Waals surface area contributed by atoms with Gasteiger partial charge in [0.1, 0.15) is 24.0 Å². The van der Waals surface area contributed by atoms with E-state index in [-0.39, 0.29) is 24.4 Å². The molecule has 24 heavy (non-hydrogen) atoms. The number of benzene rings is 1. The van der Waals surface area contributed by atoms with E-state index in [0.717, 1.165) is 12.8 Å². The van der Waals surface area contributed by atoms with Crippen LogP contribution in [0.15, 0.2) is 42.9 Å². The Morgan fingerprint density at radius 1 is 1.29 bits per heavy atom. The number of aromatic nitrogens is 2. The Morgan fingerprint density at radius 3 is 2.88 bits per heavy atom. The maximum absolute atomic E-state index is 12.8. The number of likely N-dealkylation sites (tertiary alicyclic amines) is 1. The maximum Gasteiger partial charge on any atom is 0.260 e. The van der Waals surface area contributed by atoms with E-state index in [9.17, 15) is 9.18 Å². The molecular weight excluding hydrogens is 313 g/mol. The monoisotopic (exact) mass is 331 g/mol. The van der Waals surface area contributed by atoms with Crippen LogP contribution in [-0.2, 0) is 4.79 Å². The fraction of sp³-hybridized carbons (Fsp3) is 0.353. The summed E-state index contributed by atoms with van der Waals surface area (Å²) in [6, 6.07) is 7.29. The second kappa shape index (κ2) is 7.72. The molecule has 0 bridgehead atoms. The van der Waals surface area contributed by atoms with E-state index in [1.54, 1.807) is 17.2 Å². The lowest BCUT2D eigenvalue weighted by Crippen LogP contribution is -2.46. The van der Waals surface area contributed by atoms with Crippen molar-refractivity contribution >= 4 is 5.91 Å². The molecule has 0 N–H and O–H groups in total. The minimum atomic E-state index is -0.339. The zero-order valence-electron chi connectivity index (χ0n) is 13.1. The van der Waals surface area contributed by atoms with E-state index < -0.39 is 0 Å². The number of halogens is 1. The quantitative estimate of drug-likeness (QED) is 0.839. The zero-order valence-corrected chi connectivity index (χ0v) is 13.1. The fourth-order valence-corrected chi connectivity index (χ4v) is 2.55. The summed E-state index contributed by atoms with van der Waals surface area (Å²) in [4.78, 5) is 21.9. The van der Waals surface area contributed by atoms with Gasteiger partial charge >= 0.3 is 0 Å². The molecule has 1 aliphatic rings. The van der Waals surface area contributed by atoms with Gasteiger partial charge in [0.15, 0.2) is 6.61 Å². The summed E-state index contributed by atoms with van der Waals surface area (Å²) in [5.74, 6) is 0.520. The molecule has 0 aliphatic carbocycles. The van der Waals surface area contributed by atoms with Gasteiger partial charge in [-0.15, -0.1) is 0 Å². The predicted octanol–water partition coefficient (Wildman–Crippen LogP) is 2.06. The Kier molecular flexibility index (Phi) is 5.20. The van der Waals surface area contributed by atoms with Crippen molar-refractivity contribution in [3.63, 3.8) is 0 Å². The number of carbonyl (C=O) groups is 1. The smallest absolute Gasteiger partial charge is 0.260 e. The Bertz CT molecular complexity index is 667. The molecule has 3 rings (SSSR count). The third-order valence-corrected chi connectivity index (χ3v) is 3.75. The number of amides is 1. The van der Waals surface area contributed by atoms with E-state index in [1.807, 2.05) is 0 Å². The van der Waals surface area contributed by atoms with Crippen molar-refractivity contribution in [3.8, 4) is 11.6 Å². The Labute approximate surface area is 139 Å². The lowest BCUT2D eigenvalue weighted by Gasteiger charge is -2.32. The van der Waals surface area contributed by atoms with Gasteiger partial charge in [-0.1, -0.05) is 0 Å². The molecule has 7 heteroatoms. The largest absolute Gasteiger partial charge is 0.484 e. The molecule has 1 aromatic carbocycles. The number of piperidine rings is 1. The molecule has 0 spiro atoms. The van der Waals surface area contributed by atoms with Gasteiger partial charge in [0.2, 0.25) is 5.88 Å². The van der Waals surface area contributed by atoms with Crippen LogP contribution < -0.4 is 9.47 Å². The number of hydrogen-bond acceptors (Lipinski definition) is 5. The van der Waals surface area contributed by atoms with Gasteiger partial charge in [-0.05, 0) is 37.1 Å². The Balaban J connectivity index is 1.50. The molecule has 1 fully saturated rings. The molecule has 2 heterocycles. The van der Waals surface area contributed by atoms with Crippen molar-refractivity contribution in [2.75, 3.05) is 19.7 Å². The Morgan fingerprint density at radius 2 is 2.12 bits per heavy atom. The van der Waals surface area contributed by atoms with Crippen LogP contribution in [0.2, 0.25) is 0 Å². The molecule has 126 valence electrons. The average molecular weight is 331 g/mol. The van der Waals surface area contributed by atoms with Gasteiger partial charge in [0, 0.05) is 18.8 Å². The first-order valence-corrected chi connectivity index (χ1v) is 7.79. The number of nitrogens with zero attached hydrogens (tertiary/aromatic N) is 3. The number of ether oxygens (including phenoxy) is 2. The summed E-state index contributed by atoms with van der Waals surface area (Å²) in [6.45, 7) is 1.09. The third-order valence-electron chi connectivity index (χ3n) is 3.75. The number of hydrogen-bond donors (Lipinski definition) is 0. The van der Waals surface area contributed by atoms with Crippen molar-refractivity contribution in [1.82, 2.24) is 14.9 Å². The second-order valence-corrected chi connectivity index (χ2v) is 5.51. The van der Waals surface area contributed by atoms with Crippen LogP contribution in [0.25, 0.3) is 0 Å². The van der Waals surface area contributed by atoms with Gasteiger partial charge in [-0.3, -0.25) is 4.79 Å². The molecule has 0 radical (unpaired) electrons. The summed E-state index contributed by atoms with van der Waals surface area (Å²) >= 11 is 0. The van der Waals surface area contributed by atoms with Crippen LogP contribution in [0.5, 0.6) is 11.6 Å². The normalized spacial score (nSPS) is 17.4. The van der Waals surface area contributed by atoms with E-state index in [2.05, 4.69) is 9.97 Å². The molecule has 1 atom stereocenters. The highest BCUT2D eigenvalue weighted by atomic mass is 19.1. The van der Waals surface area contributed by atoms with E-state index in [0.29, 0.717) is 24.7 Å². The first-order chi connectivity index (χ1) is 11.7. The standard InChI is InChI=1S/C17H18FN3O3/c18-13-3-5-14(6-4-13)23-11-17(22)21-9-1-2-15(10-21)24-16-7-8-19-12-20-16/h3-8,12,15H,1-2,9-11H2/t15-/m1/s1. The van der Waals surface area contributed by atoms with Crippen molar-refractivity contribution < 1.29 is 18.7 Å². The SMILES string of the molecule is O=C(COc1ccc(F)cc1)N1CCC[C@@H](Oc2ccncn2)C1. The number of carbonyl (C=O) groups excluding carboxylic acids is 1. The van der Waals surface area contributed by atoms with Crippen molar-refractivity contribution in [3.05, 3.63) is 48.7 Å². The molecule has 1 amide bonds. The summed E-state index contributed by atoms with van der Waals surface area (Å²) in [5, 5.41) is 0. The lowest BCUT2D eigenvalue weighted by atomic mass is 10.1. The summed E-state index contributed by atoms with van der Waals surface area (Å²) < 4.78 is 24.0. The molecule has 0 saturated carbocycles. The van der Waals surface area contributed by atoms with E-state index in [1.165, 1.54) is 30.6 Å². The molecule has 0 unspecified atom stereocenters. The van der Waals surface area contributed by atoms with Crippen LogP contribution in [-0.4, -0.2) is 46.6 Å². The zero-order chi connectivity index (χ0) is 16.8. The first-order valence-electron chi connectivity index (χ1n) is 7.79. The first kappa shape index (κ1) is 16.2. The van der Waals surface area contributed by atoms with Crippen LogP contribution in [0, 0.1) is 5.82 Å². The lowest BCUT2D eigenvalue weighted by molar-refractivity contribution is -0.136. The maximum atomic E-state index is 12.8. The highest BCUT2D eigenvalue weighted by Crippen LogP contribution is 2.17. The minimum Gasteiger partial charge on any atom is -0.484 e. The molecule has 1 aromatic heterocycles. The molecule has 1 saturated heterocycles. The van der Waals surface area contributed by atoms with E-state index in [4.69, 9.17) is 9.47 Å². The highest BCUT2D eigenvalue weighted by Gasteiger charge is 2.25. The van der Waals surface area contributed by atoms with Crippen molar-refractivity contribution in [2.24, 2.45) is 0 Å². The highest BCUT2D eigenvalue weighted by molar-refractivity contribution is 5.77. The molecular formula is C17H18FN3O3. The van der Waals surface area contributed by atoms with Gasteiger partial charge in [-0.2, -0.15) is 0 Å². The average Bonchev–Trinajstić information content (AvgIpc) is 2.62. The summed E-state index contributed by atoms with van der Waals surface area (Å²) in [5.41, 5.74) is 0. The van der Waals surface area contributed by atoms with Crippen molar-refractivity contribution in [1.29, 1.82) is 0 Å². The summed E-state index contributed by atoms with van der Waals surface area (Å²) in [6.07, 6.45) is 4.68. The summed E-state index contributed by atoms with van der Waals surface area (Å²) in [7, 11) is 0. The van der Waals surface area contributed by atoms with Crippen LogP contribution in [0.3, 0.4) is 0 Å². The molecule has 2 aromatic rings. The van der Waals surface area contributed by atoms with E-state index >= 15 is 0 Å². The van der Waals surface area contributed by atoms with Gasteiger partial charge in [0.25, 0.3) is 5.91 Å². The van der Waals surface area contributed by atoms with Crippen LogP contribution >= 0.6 is 0 Å². The minimum absolute atomic E-state index is 0.0775. The van der Waals surface area contributed by atoms with Gasteiger partial charge < -0.3 is 14.4 Å². The topological polar surface area (TPSA) is 64.5 Å². The van der Waals surface area contributed by atoms with Crippen LogP contribution in [0.4, 0.5) is 4.39 Å². The second-order valence-electron chi connectivity index (χ2n) is 5.51. The number of rotatable bonds is 5. The third kappa shape index (κ3) is 4.41. The van der Waals surface area contributed by atoms with Gasteiger partial charge in [-0.25, -0.2) is 14.4 Å². The van der Waals surface area contributed by atoms with Crippen LogP contribution in [0.1, 0.15) is 12.8 Å². The van der Waals surface area contributed by atoms with Gasteiger partial charge in [0.05, 0.1) is 6.54 Å².